The van der Waals surface area contributed by atoms with E-state index in [9.17, 15) is 14.0 Å². The molecule has 1 atom stereocenters. The Morgan fingerprint density at radius 1 is 1.03 bits per heavy atom. The van der Waals surface area contributed by atoms with Crippen LogP contribution in [0.5, 0.6) is 0 Å². The lowest BCUT2D eigenvalue weighted by molar-refractivity contribution is 0.0951. The molecule has 0 bridgehead atoms. The monoisotopic (exact) mass is 435 g/mol. The number of benzene rings is 3. The number of thioether (sulfide) groups is 1. The third kappa shape index (κ3) is 5.06. The number of halogens is 1. The van der Waals surface area contributed by atoms with Gasteiger partial charge in [0.25, 0.3) is 5.91 Å². The van der Waals surface area contributed by atoms with Gasteiger partial charge < -0.3 is 10.6 Å². The molecule has 31 heavy (non-hydrogen) atoms. The van der Waals surface area contributed by atoms with E-state index in [1.54, 1.807) is 53.1 Å². The van der Waals surface area contributed by atoms with Crippen LogP contribution in [0.15, 0.2) is 77.7 Å². The predicted molar refractivity (Wildman–Crippen MR) is 122 cm³/mol. The number of nitrogens with zero attached hydrogens (tertiary/aromatic N) is 1. The Kier molecular flexibility index (Phi) is 6.23. The van der Waals surface area contributed by atoms with Crippen molar-refractivity contribution in [2.75, 3.05) is 16.8 Å². The molecule has 1 heterocycles. The highest BCUT2D eigenvalue weighted by Gasteiger charge is 2.26. The Morgan fingerprint density at radius 2 is 1.74 bits per heavy atom. The van der Waals surface area contributed by atoms with Crippen LogP contribution in [0.2, 0.25) is 0 Å². The first-order valence-electron chi connectivity index (χ1n) is 9.96. The Labute approximate surface area is 184 Å². The Bertz CT molecular complexity index is 1090. The summed E-state index contributed by atoms with van der Waals surface area (Å²) in [6.45, 7) is 3.03. The van der Waals surface area contributed by atoms with Gasteiger partial charge in [-0.05, 0) is 54.1 Å². The van der Waals surface area contributed by atoms with Crippen LogP contribution in [0, 0.1) is 5.82 Å². The lowest BCUT2D eigenvalue weighted by atomic mass is 10.1. The molecule has 2 N–H and O–H groups in total. The van der Waals surface area contributed by atoms with Gasteiger partial charge in [0.15, 0.2) is 0 Å². The van der Waals surface area contributed by atoms with E-state index in [-0.39, 0.29) is 17.8 Å². The van der Waals surface area contributed by atoms with Crippen molar-refractivity contribution in [2.45, 2.75) is 23.6 Å². The van der Waals surface area contributed by atoms with Crippen LogP contribution in [0.1, 0.15) is 22.8 Å². The van der Waals surface area contributed by atoms with Crippen LogP contribution >= 0.6 is 11.8 Å². The molecule has 3 amide bonds. The molecule has 158 valence electrons. The topological polar surface area (TPSA) is 61.4 Å². The largest absolute Gasteiger partial charge is 0.348 e. The first-order valence-corrected chi connectivity index (χ1v) is 10.8. The van der Waals surface area contributed by atoms with Crippen molar-refractivity contribution < 1.29 is 14.0 Å². The highest BCUT2D eigenvalue weighted by molar-refractivity contribution is 8.00. The quantitative estimate of drug-likeness (QED) is 0.586. The molecular formula is C24H22FN3O2S. The molecule has 0 aromatic heterocycles. The number of urea groups is 1. The average molecular weight is 436 g/mol. The third-order valence-corrected chi connectivity index (χ3v) is 6.08. The van der Waals surface area contributed by atoms with Gasteiger partial charge in [0.2, 0.25) is 0 Å². The van der Waals surface area contributed by atoms with E-state index in [2.05, 4.69) is 17.6 Å². The highest BCUT2D eigenvalue weighted by Crippen LogP contribution is 2.38. The van der Waals surface area contributed by atoms with Gasteiger partial charge in [-0.3, -0.25) is 9.69 Å². The van der Waals surface area contributed by atoms with E-state index in [0.29, 0.717) is 29.6 Å². The molecule has 5 nitrogen and oxygen atoms in total. The molecule has 0 spiro atoms. The van der Waals surface area contributed by atoms with Crippen molar-refractivity contribution in [2.24, 2.45) is 0 Å². The van der Waals surface area contributed by atoms with E-state index < -0.39 is 0 Å². The van der Waals surface area contributed by atoms with Crippen LogP contribution < -0.4 is 15.5 Å². The fourth-order valence-electron chi connectivity index (χ4n) is 3.36. The van der Waals surface area contributed by atoms with Crippen molar-refractivity contribution in [1.29, 1.82) is 0 Å². The fraction of sp³-hybridized carbons (Fsp3) is 0.167. The van der Waals surface area contributed by atoms with E-state index >= 15 is 0 Å². The second-order valence-corrected chi connectivity index (χ2v) is 8.80. The summed E-state index contributed by atoms with van der Waals surface area (Å²) in [5.41, 5.74) is 2.81. The van der Waals surface area contributed by atoms with E-state index in [1.165, 1.54) is 12.1 Å². The average Bonchev–Trinajstić information content (AvgIpc) is 2.78. The maximum atomic E-state index is 13.0. The maximum Gasteiger partial charge on any atom is 0.326 e. The maximum absolute atomic E-state index is 13.0. The number of hydrogen-bond donors (Lipinski definition) is 2. The number of amides is 3. The highest BCUT2D eigenvalue weighted by atomic mass is 32.2. The smallest absolute Gasteiger partial charge is 0.326 e. The Hall–Kier alpha value is -3.32. The van der Waals surface area contributed by atoms with Gasteiger partial charge >= 0.3 is 6.03 Å². The Balaban J connectivity index is 1.38. The molecule has 0 saturated heterocycles. The normalized spacial score (nSPS) is 15.2. The van der Waals surface area contributed by atoms with Crippen LogP contribution in [-0.2, 0) is 6.54 Å². The fourth-order valence-corrected chi connectivity index (χ4v) is 4.48. The molecule has 0 fully saturated rings. The van der Waals surface area contributed by atoms with Crippen LogP contribution in [0.3, 0.4) is 0 Å². The van der Waals surface area contributed by atoms with Gasteiger partial charge in [-0.1, -0.05) is 31.2 Å². The van der Waals surface area contributed by atoms with Crippen molar-refractivity contribution in [1.82, 2.24) is 5.32 Å². The van der Waals surface area contributed by atoms with Crippen molar-refractivity contribution >= 4 is 35.1 Å². The van der Waals surface area contributed by atoms with Crippen LogP contribution in [-0.4, -0.2) is 23.7 Å². The SMILES string of the molecule is C[C@@H]1CN(C(=O)Nc2ccc(C(=O)NCc3ccc(F)cc3)cc2)c2ccccc2S1. The predicted octanol–water partition coefficient (Wildman–Crippen LogP) is 5.29. The standard InChI is InChI=1S/C24H22FN3O2S/c1-16-15-28(21-4-2-3-5-22(21)31-16)24(30)27-20-12-8-18(9-13-20)23(29)26-14-17-6-10-19(25)11-7-17/h2-13,16H,14-15H2,1H3,(H,26,29)(H,27,30)/t16-/m1/s1. The van der Waals surface area contributed by atoms with Crippen LogP contribution in [0.4, 0.5) is 20.6 Å². The summed E-state index contributed by atoms with van der Waals surface area (Å²) in [7, 11) is 0. The van der Waals surface area contributed by atoms with Crippen LogP contribution in [0.25, 0.3) is 0 Å². The first kappa shape index (κ1) is 20.9. The molecule has 3 aromatic carbocycles. The zero-order chi connectivity index (χ0) is 21.8. The molecule has 1 aliphatic rings. The van der Waals surface area contributed by atoms with Gasteiger partial charge in [-0.2, -0.15) is 0 Å². The summed E-state index contributed by atoms with van der Waals surface area (Å²) in [5.74, 6) is -0.549. The molecule has 0 aliphatic carbocycles. The van der Waals surface area contributed by atoms with Gasteiger partial charge in [0.1, 0.15) is 5.82 Å². The Morgan fingerprint density at radius 3 is 2.48 bits per heavy atom. The lowest BCUT2D eigenvalue weighted by Crippen LogP contribution is -2.41. The molecule has 3 aromatic rings. The number of rotatable bonds is 4. The summed E-state index contributed by atoms with van der Waals surface area (Å²) in [5, 5.41) is 6.01. The number of carbonyl (C=O) groups excluding carboxylic acids is 2. The zero-order valence-electron chi connectivity index (χ0n) is 17.0. The summed E-state index contributed by atoms with van der Waals surface area (Å²) in [4.78, 5) is 28.1. The van der Waals surface area contributed by atoms with E-state index in [1.807, 2.05) is 24.3 Å². The second kappa shape index (κ2) is 9.22. The number of fused-ring (bicyclic) bond motifs is 1. The van der Waals surface area contributed by atoms with E-state index in [4.69, 9.17) is 0 Å². The molecule has 0 saturated carbocycles. The second-order valence-electron chi connectivity index (χ2n) is 7.32. The summed E-state index contributed by atoms with van der Waals surface area (Å²) >= 11 is 1.76. The van der Waals surface area contributed by atoms with E-state index in [0.717, 1.165) is 16.1 Å². The molecule has 4 rings (SSSR count). The molecule has 0 radical (unpaired) electrons. The van der Waals surface area contributed by atoms with Gasteiger partial charge in [0, 0.05) is 34.5 Å². The van der Waals surface area contributed by atoms with Crippen molar-refractivity contribution in [3.63, 3.8) is 0 Å². The van der Waals surface area contributed by atoms with Crippen molar-refractivity contribution in [3.8, 4) is 0 Å². The third-order valence-electron chi connectivity index (χ3n) is 4.93. The number of carbonyl (C=O) groups is 2. The number of anilines is 2. The summed E-state index contributed by atoms with van der Waals surface area (Å²) in [6, 6.07) is 20.4. The molecule has 7 heteroatoms. The minimum Gasteiger partial charge on any atom is -0.348 e. The summed E-state index contributed by atoms with van der Waals surface area (Å²) < 4.78 is 13.0. The number of hydrogen-bond acceptors (Lipinski definition) is 3. The van der Waals surface area contributed by atoms with Gasteiger partial charge in [-0.25, -0.2) is 9.18 Å². The van der Waals surface area contributed by atoms with Crippen molar-refractivity contribution in [3.05, 3.63) is 89.7 Å². The number of nitrogens with one attached hydrogen (secondary N) is 2. The minimum atomic E-state index is -0.311. The molecule has 0 unspecified atom stereocenters. The zero-order valence-corrected chi connectivity index (χ0v) is 17.8. The summed E-state index contributed by atoms with van der Waals surface area (Å²) in [6.07, 6.45) is 0. The first-order chi connectivity index (χ1) is 15.0. The van der Waals surface area contributed by atoms with Gasteiger partial charge in [-0.15, -0.1) is 11.8 Å². The molecular weight excluding hydrogens is 413 g/mol. The van der Waals surface area contributed by atoms with Gasteiger partial charge in [0.05, 0.1) is 5.69 Å². The minimum absolute atomic E-state index is 0.201. The number of para-hydroxylation sites is 1. The molecule has 1 aliphatic heterocycles. The lowest BCUT2D eigenvalue weighted by Gasteiger charge is -2.32.